The van der Waals surface area contributed by atoms with Crippen LogP contribution < -0.4 is 5.63 Å². The number of furan rings is 1. The first-order chi connectivity index (χ1) is 14.9. The number of carboxylic acids is 1. The molecule has 0 unspecified atom stereocenters. The van der Waals surface area contributed by atoms with E-state index in [4.69, 9.17) is 8.83 Å². The molecule has 0 spiro atoms. The Morgan fingerprint density at radius 2 is 1.84 bits per heavy atom. The number of carboxylic acid groups (broad SMARTS) is 1. The van der Waals surface area contributed by atoms with Crippen LogP contribution in [0.15, 0.2) is 25.8 Å². The number of likely N-dealkylation sites (tertiary alicyclic amines) is 1. The summed E-state index contributed by atoms with van der Waals surface area (Å²) in [5, 5.41) is 11.3. The zero-order chi connectivity index (χ0) is 21.7. The van der Waals surface area contributed by atoms with Gasteiger partial charge in [0.25, 0.3) is 0 Å². The van der Waals surface area contributed by atoms with Gasteiger partial charge in [-0.1, -0.05) is 0 Å². The van der Waals surface area contributed by atoms with E-state index in [0.717, 1.165) is 60.6 Å². The summed E-state index contributed by atoms with van der Waals surface area (Å²) in [7, 11) is 0. The van der Waals surface area contributed by atoms with Crippen LogP contribution >= 0.6 is 0 Å². The molecule has 2 aromatic heterocycles. The molecule has 1 fully saturated rings. The molecule has 1 aromatic carbocycles. The third-order valence-electron chi connectivity index (χ3n) is 6.80. The SMILES string of the molecule is Cc1c(CC(=O)N2CCCC[C@H]2C(=O)O)c(=O)oc2cc3oc4c(c3cc12)CCCC4. The van der Waals surface area contributed by atoms with Gasteiger partial charge in [0.1, 0.15) is 23.0 Å². The molecule has 1 aliphatic carbocycles. The Kier molecular flexibility index (Phi) is 4.84. The highest BCUT2D eigenvalue weighted by atomic mass is 16.4. The third kappa shape index (κ3) is 3.32. The first-order valence-electron chi connectivity index (χ1n) is 11.0. The van der Waals surface area contributed by atoms with Gasteiger partial charge in [0.15, 0.2) is 0 Å². The van der Waals surface area contributed by atoms with Gasteiger partial charge in [-0.2, -0.15) is 0 Å². The molecule has 7 heteroatoms. The molecule has 1 saturated heterocycles. The molecule has 7 nitrogen and oxygen atoms in total. The van der Waals surface area contributed by atoms with Crippen molar-refractivity contribution in [1.82, 2.24) is 4.90 Å². The molecule has 0 radical (unpaired) electrons. The van der Waals surface area contributed by atoms with E-state index >= 15 is 0 Å². The number of rotatable bonds is 3. The molecule has 3 heterocycles. The van der Waals surface area contributed by atoms with Gasteiger partial charge in [-0.05, 0) is 57.1 Å². The van der Waals surface area contributed by atoms with Crippen molar-refractivity contribution in [3.63, 3.8) is 0 Å². The monoisotopic (exact) mass is 423 g/mol. The fourth-order valence-electron chi connectivity index (χ4n) is 5.09. The number of benzene rings is 1. The van der Waals surface area contributed by atoms with Crippen molar-refractivity contribution in [2.45, 2.75) is 64.3 Å². The number of hydrogen-bond acceptors (Lipinski definition) is 5. The molecule has 5 rings (SSSR count). The number of nitrogens with zero attached hydrogens (tertiary/aromatic N) is 1. The average molecular weight is 423 g/mol. The quantitative estimate of drug-likeness (QED) is 0.644. The van der Waals surface area contributed by atoms with Crippen molar-refractivity contribution < 1.29 is 23.5 Å². The Bertz CT molecular complexity index is 1270. The lowest BCUT2D eigenvalue weighted by atomic mass is 9.94. The van der Waals surface area contributed by atoms with Gasteiger partial charge >= 0.3 is 11.6 Å². The Balaban J connectivity index is 1.55. The molecule has 162 valence electrons. The minimum Gasteiger partial charge on any atom is -0.480 e. The number of carbonyl (C=O) groups excluding carboxylic acids is 1. The van der Waals surface area contributed by atoms with Crippen molar-refractivity contribution in [2.75, 3.05) is 6.54 Å². The zero-order valence-corrected chi connectivity index (χ0v) is 17.5. The second kappa shape index (κ2) is 7.55. The van der Waals surface area contributed by atoms with Crippen molar-refractivity contribution >= 4 is 33.8 Å². The smallest absolute Gasteiger partial charge is 0.340 e. The summed E-state index contributed by atoms with van der Waals surface area (Å²) in [6, 6.07) is 2.95. The molecule has 0 saturated carbocycles. The Labute approximate surface area is 178 Å². The summed E-state index contributed by atoms with van der Waals surface area (Å²) in [6.07, 6.45) is 5.96. The fourth-order valence-corrected chi connectivity index (χ4v) is 5.09. The maximum Gasteiger partial charge on any atom is 0.340 e. The van der Waals surface area contributed by atoms with Gasteiger partial charge in [-0.3, -0.25) is 4.79 Å². The highest BCUT2D eigenvalue weighted by Crippen LogP contribution is 2.35. The number of aryl methyl sites for hydroxylation is 3. The predicted molar refractivity (Wildman–Crippen MR) is 114 cm³/mol. The standard InChI is InChI=1S/C24H25NO6/c1-13-15-10-17-14-6-2-3-8-19(14)30-21(17)12-20(15)31-24(29)16(13)11-22(26)25-9-5-4-7-18(25)23(27)28/h10,12,18H,2-9,11H2,1H3,(H,27,28)/t18-/m0/s1. The Hall–Kier alpha value is -3.09. The molecular formula is C24H25NO6. The Morgan fingerprint density at radius 1 is 1.06 bits per heavy atom. The van der Waals surface area contributed by atoms with Gasteiger partial charge in [-0.15, -0.1) is 0 Å². The lowest BCUT2D eigenvalue weighted by molar-refractivity contribution is -0.151. The minimum atomic E-state index is -0.998. The first-order valence-corrected chi connectivity index (χ1v) is 11.0. The zero-order valence-electron chi connectivity index (χ0n) is 17.5. The Morgan fingerprint density at radius 3 is 2.65 bits per heavy atom. The summed E-state index contributed by atoms with van der Waals surface area (Å²) >= 11 is 0. The normalized spacial score (nSPS) is 19.0. The van der Waals surface area contributed by atoms with Crippen molar-refractivity contribution in [2.24, 2.45) is 0 Å². The van der Waals surface area contributed by atoms with E-state index in [-0.39, 0.29) is 12.3 Å². The molecule has 0 bridgehead atoms. The van der Waals surface area contributed by atoms with E-state index in [9.17, 15) is 19.5 Å². The molecule has 1 atom stereocenters. The van der Waals surface area contributed by atoms with Crippen LogP contribution in [-0.4, -0.2) is 34.5 Å². The summed E-state index contributed by atoms with van der Waals surface area (Å²) < 4.78 is 11.6. The van der Waals surface area contributed by atoms with E-state index < -0.39 is 17.6 Å². The molecule has 3 aromatic rings. The number of fused-ring (bicyclic) bond motifs is 4. The van der Waals surface area contributed by atoms with Crippen LogP contribution in [0.2, 0.25) is 0 Å². The minimum absolute atomic E-state index is 0.157. The molecular weight excluding hydrogens is 398 g/mol. The number of amides is 1. The summed E-state index contributed by atoms with van der Waals surface area (Å²) in [6.45, 7) is 2.22. The van der Waals surface area contributed by atoms with Crippen LogP contribution in [-0.2, 0) is 28.9 Å². The van der Waals surface area contributed by atoms with Gasteiger partial charge in [-0.25, -0.2) is 9.59 Å². The first kappa shape index (κ1) is 19.8. The maximum atomic E-state index is 13.0. The summed E-state index contributed by atoms with van der Waals surface area (Å²) in [5.74, 6) is -0.331. The molecule has 2 aliphatic rings. The van der Waals surface area contributed by atoms with E-state index in [1.807, 2.05) is 13.0 Å². The lowest BCUT2D eigenvalue weighted by Gasteiger charge is -2.33. The highest BCUT2D eigenvalue weighted by molar-refractivity contribution is 5.97. The lowest BCUT2D eigenvalue weighted by Crippen LogP contribution is -2.48. The molecule has 31 heavy (non-hydrogen) atoms. The third-order valence-corrected chi connectivity index (χ3v) is 6.80. The fraction of sp³-hybridized carbons (Fsp3) is 0.458. The largest absolute Gasteiger partial charge is 0.480 e. The summed E-state index contributed by atoms with van der Waals surface area (Å²) in [4.78, 5) is 38.6. The van der Waals surface area contributed by atoms with E-state index in [2.05, 4.69) is 0 Å². The number of carbonyl (C=O) groups is 2. The second-order valence-electron chi connectivity index (χ2n) is 8.66. The van der Waals surface area contributed by atoms with Gasteiger partial charge in [0.2, 0.25) is 5.91 Å². The van der Waals surface area contributed by atoms with Crippen LogP contribution in [0, 0.1) is 6.92 Å². The number of piperidine rings is 1. The predicted octanol–water partition coefficient (Wildman–Crippen LogP) is 3.73. The van der Waals surface area contributed by atoms with Gasteiger partial charge in [0, 0.05) is 35.4 Å². The maximum absolute atomic E-state index is 13.0. The average Bonchev–Trinajstić information content (AvgIpc) is 3.12. The van der Waals surface area contributed by atoms with Crippen LogP contribution in [0.25, 0.3) is 21.9 Å². The number of hydrogen-bond donors (Lipinski definition) is 1. The van der Waals surface area contributed by atoms with E-state index in [0.29, 0.717) is 29.7 Å². The topological polar surface area (TPSA) is 101 Å². The second-order valence-corrected chi connectivity index (χ2v) is 8.66. The van der Waals surface area contributed by atoms with Gasteiger partial charge in [0.05, 0.1) is 12.0 Å². The van der Waals surface area contributed by atoms with Crippen LogP contribution in [0.5, 0.6) is 0 Å². The van der Waals surface area contributed by atoms with Gasteiger partial charge < -0.3 is 18.8 Å². The molecule has 1 aliphatic heterocycles. The van der Waals surface area contributed by atoms with Crippen molar-refractivity contribution in [3.05, 3.63) is 45.0 Å². The molecule has 1 N–H and O–H groups in total. The highest BCUT2D eigenvalue weighted by Gasteiger charge is 2.32. The van der Waals surface area contributed by atoms with Crippen LogP contribution in [0.4, 0.5) is 0 Å². The van der Waals surface area contributed by atoms with Crippen molar-refractivity contribution in [3.8, 4) is 0 Å². The van der Waals surface area contributed by atoms with Crippen molar-refractivity contribution in [1.29, 1.82) is 0 Å². The summed E-state index contributed by atoms with van der Waals surface area (Å²) in [5.41, 5.74) is 2.84. The van der Waals surface area contributed by atoms with E-state index in [1.54, 1.807) is 6.07 Å². The van der Waals surface area contributed by atoms with E-state index in [1.165, 1.54) is 10.5 Å². The van der Waals surface area contributed by atoms with Crippen LogP contribution in [0.1, 0.15) is 54.6 Å². The number of aliphatic carboxylic acids is 1. The van der Waals surface area contributed by atoms with Crippen LogP contribution in [0.3, 0.4) is 0 Å². The molecule has 1 amide bonds.